The summed E-state index contributed by atoms with van der Waals surface area (Å²) in [7, 11) is 0. The molecule has 0 aliphatic rings. The van der Waals surface area contributed by atoms with Gasteiger partial charge in [-0.3, -0.25) is 4.79 Å². The van der Waals surface area contributed by atoms with Crippen molar-refractivity contribution < 1.29 is 9.53 Å². The van der Waals surface area contributed by atoms with Crippen LogP contribution < -0.4 is 10.5 Å². The number of nitriles is 1. The van der Waals surface area contributed by atoms with Crippen LogP contribution in [0, 0.1) is 11.3 Å². The van der Waals surface area contributed by atoms with E-state index in [1.807, 2.05) is 6.07 Å². The standard InChI is InChI=1S/C9H7ClN2O2/c10-7-1-2-8(6(3-7)4-11)14-5-9(12)13/h1-3H,5H2,(H2,12,13). The topological polar surface area (TPSA) is 76.1 Å². The Morgan fingerprint density at radius 1 is 1.64 bits per heavy atom. The summed E-state index contributed by atoms with van der Waals surface area (Å²) in [5, 5.41) is 9.14. The third kappa shape index (κ3) is 2.64. The molecule has 0 aromatic heterocycles. The fourth-order valence-electron chi connectivity index (χ4n) is 0.864. The van der Waals surface area contributed by atoms with E-state index in [0.29, 0.717) is 10.8 Å². The first-order valence-electron chi connectivity index (χ1n) is 3.74. The van der Waals surface area contributed by atoms with Crippen molar-refractivity contribution in [1.82, 2.24) is 0 Å². The Hall–Kier alpha value is -1.73. The van der Waals surface area contributed by atoms with Gasteiger partial charge in [-0.1, -0.05) is 11.6 Å². The van der Waals surface area contributed by atoms with E-state index in [2.05, 4.69) is 0 Å². The Morgan fingerprint density at radius 3 is 2.93 bits per heavy atom. The molecule has 1 aromatic rings. The summed E-state index contributed by atoms with van der Waals surface area (Å²) >= 11 is 5.66. The monoisotopic (exact) mass is 210 g/mol. The molecule has 0 unspecified atom stereocenters. The third-order valence-corrected chi connectivity index (χ3v) is 1.67. The van der Waals surface area contributed by atoms with Gasteiger partial charge >= 0.3 is 0 Å². The molecule has 1 rings (SSSR count). The molecule has 4 nitrogen and oxygen atoms in total. The lowest BCUT2D eigenvalue weighted by molar-refractivity contribution is -0.119. The van der Waals surface area contributed by atoms with E-state index in [-0.39, 0.29) is 12.2 Å². The van der Waals surface area contributed by atoms with Gasteiger partial charge in [0.1, 0.15) is 11.8 Å². The minimum atomic E-state index is -0.594. The Bertz CT molecular complexity index is 398. The molecule has 0 aliphatic heterocycles. The number of nitrogens with two attached hydrogens (primary N) is 1. The minimum Gasteiger partial charge on any atom is -0.482 e. The molecule has 0 heterocycles. The number of halogens is 1. The number of ether oxygens (including phenoxy) is 1. The molecule has 0 aliphatic carbocycles. The molecular formula is C9H7ClN2O2. The van der Waals surface area contributed by atoms with Gasteiger partial charge in [-0.25, -0.2) is 0 Å². The summed E-state index contributed by atoms with van der Waals surface area (Å²) in [5.74, 6) is -0.292. The quantitative estimate of drug-likeness (QED) is 0.811. The van der Waals surface area contributed by atoms with Crippen molar-refractivity contribution >= 4 is 17.5 Å². The van der Waals surface area contributed by atoms with Gasteiger partial charge in [0.05, 0.1) is 5.56 Å². The molecule has 0 spiro atoms. The number of rotatable bonds is 3. The highest BCUT2D eigenvalue weighted by Crippen LogP contribution is 2.21. The van der Waals surface area contributed by atoms with Crippen LogP contribution in [0.1, 0.15) is 5.56 Å². The molecule has 2 N–H and O–H groups in total. The van der Waals surface area contributed by atoms with E-state index < -0.39 is 5.91 Å². The second-order valence-corrected chi connectivity index (χ2v) is 2.94. The molecule has 1 aromatic carbocycles. The van der Waals surface area contributed by atoms with Crippen LogP contribution in [0.2, 0.25) is 5.02 Å². The van der Waals surface area contributed by atoms with Gasteiger partial charge in [-0.05, 0) is 18.2 Å². The predicted octanol–water partition coefficient (Wildman–Crippen LogP) is 1.08. The SMILES string of the molecule is N#Cc1cc(Cl)ccc1OCC(N)=O. The number of hydrogen-bond donors (Lipinski definition) is 1. The van der Waals surface area contributed by atoms with Crippen molar-refractivity contribution in [1.29, 1.82) is 5.26 Å². The fraction of sp³-hybridized carbons (Fsp3) is 0.111. The highest BCUT2D eigenvalue weighted by molar-refractivity contribution is 6.30. The number of hydrogen-bond acceptors (Lipinski definition) is 3. The van der Waals surface area contributed by atoms with Crippen LogP contribution in [0.4, 0.5) is 0 Å². The zero-order valence-corrected chi connectivity index (χ0v) is 7.91. The Kier molecular flexibility index (Phi) is 3.32. The lowest BCUT2D eigenvalue weighted by Gasteiger charge is -2.05. The van der Waals surface area contributed by atoms with Gasteiger partial charge < -0.3 is 10.5 Å². The van der Waals surface area contributed by atoms with Crippen LogP contribution in [-0.2, 0) is 4.79 Å². The van der Waals surface area contributed by atoms with Crippen molar-refractivity contribution in [3.05, 3.63) is 28.8 Å². The van der Waals surface area contributed by atoms with E-state index in [9.17, 15) is 4.79 Å². The number of primary amides is 1. The van der Waals surface area contributed by atoms with E-state index in [4.69, 9.17) is 27.3 Å². The van der Waals surface area contributed by atoms with Gasteiger partial charge in [-0.2, -0.15) is 5.26 Å². The first kappa shape index (κ1) is 10.4. The second-order valence-electron chi connectivity index (χ2n) is 2.51. The zero-order valence-electron chi connectivity index (χ0n) is 7.16. The van der Waals surface area contributed by atoms with Crippen LogP contribution >= 0.6 is 11.6 Å². The highest BCUT2D eigenvalue weighted by atomic mass is 35.5. The molecule has 14 heavy (non-hydrogen) atoms. The lowest BCUT2D eigenvalue weighted by atomic mass is 10.2. The number of nitrogens with zero attached hydrogens (tertiary/aromatic N) is 1. The number of carbonyl (C=O) groups is 1. The first-order valence-corrected chi connectivity index (χ1v) is 4.12. The molecule has 5 heteroatoms. The molecule has 0 bridgehead atoms. The van der Waals surface area contributed by atoms with Gasteiger partial charge in [0.15, 0.2) is 6.61 Å². The summed E-state index contributed by atoms with van der Waals surface area (Å²) in [6, 6.07) is 6.44. The maximum Gasteiger partial charge on any atom is 0.255 e. The maximum absolute atomic E-state index is 10.4. The van der Waals surface area contributed by atoms with E-state index in [1.165, 1.54) is 12.1 Å². The molecule has 0 fully saturated rings. The van der Waals surface area contributed by atoms with Crippen molar-refractivity contribution in [2.24, 2.45) is 5.73 Å². The smallest absolute Gasteiger partial charge is 0.255 e. The van der Waals surface area contributed by atoms with Gasteiger partial charge in [-0.15, -0.1) is 0 Å². The van der Waals surface area contributed by atoms with Crippen molar-refractivity contribution in [2.45, 2.75) is 0 Å². The highest BCUT2D eigenvalue weighted by Gasteiger charge is 2.04. The predicted molar refractivity (Wildman–Crippen MR) is 50.9 cm³/mol. The van der Waals surface area contributed by atoms with Gasteiger partial charge in [0.25, 0.3) is 5.91 Å². The largest absolute Gasteiger partial charge is 0.482 e. The molecule has 0 radical (unpaired) electrons. The summed E-state index contributed by atoms with van der Waals surface area (Å²) in [4.78, 5) is 10.4. The Morgan fingerprint density at radius 2 is 2.36 bits per heavy atom. The van der Waals surface area contributed by atoms with Crippen LogP contribution in [0.5, 0.6) is 5.75 Å². The van der Waals surface area contributed by atoms with Crippen LogP contribution in [0.3, 0.4) is 0 Å². The van der Waals surface area contributed by atoms with Gasteiger partial charge in [0, 0.05) is 5.02 Å². The Labute approximate surface area is 85.8 Å². The van der Waals surface area contributed by atoms with Crippen LogP contribution in [-0.4, -0.2) is 12.5 Å². The lowest BCUT2D eigenvalue weighted by Crippen LogP contribution is -2.20. The number of carbonyl (C=O) groups excluding carboxylic acids is 1. The van der Waals surface area contributed by atoms with Crippen molar-refractivity contribution in [2.75, 3.05) is 6.61 Å². The summed E-state index contributed by atoms with van der Waals surface area (Å²) in [6.45, 7) is -0.254. The molecule has 0 atom stereocenters. The van der Waals surface area contributed by atoms with E-state index in [1.54, 1.807) is 6.07 Å². The molecule has 72 valence electrons. The zero-order chi connectivity index (χ0) is 10.6. The first-order chi connectivity index (χ1) is 6.63. The summed E-state index contributed by atoms with van der Waals surface area (Å²) in [6.07, 6.45) is 0. The van der Waals surface area contributed by atoms with Crippen LogP contribution in [0.25, 0.3) is 0 Å². The number of amides is 1. The average Bonchev–Trinajstić information content (AvgIpc) is 2.15. The van der Waals surface area contributed by atoms with Crippen LogP contribution in [0.15, 0.2) is 18.2 Å². The van der Waals surface area contributed by atoms with Crippen molar-refractivity contribution in [3.63, 3.8) is 0 Å². The summed E-state index contributed by atoms with van der Waals surface area (Å²) in [5.41, 5.74) is 5.17. The van der Waals surface area contributed by atoms with Gasteiger partial charge in [0.2, 0.25) is 0 Å². The molecule has 0 saturated heterocycles. The molecular weight excluding hydrogens is 204 g/mol. The maximum atomic E-state index is 10.4. The normalized spacial score (nSPS) is 9.14. The van der Waals surface area contributed by atoms with E-state index in [0.717, 1.165) is 0 Å². The molecule has 0 saturated carbocycles. The summed E-state index contributed by atoms with van der Waals surface area (Å²) < 4.78 is 4.99. The van der Waals surface area contributed by atoms with Crippen molar-refractivity contribution in [3.8, 4) is 11.8 Å². The third-order valence-electron chi connectivity index (χ3n) is 1.43. The number of benzene rings is 1. The Balaban J connectivity index is 2.87. The van der Waals surface area contributed by atoms with E-state index >= 15 is 0 Å². The second kappa shape index (κ2) is 4.49. The minimum absolute atomic E-state index is 0.254. The average molecular weight is 211 g/mol. The molecule has 1 amide bonds. The fourth-order valence-corrected chi connectivity index (χ4v) is 1.04.